The van der Waals surface area contributed by atoms with Crippen LogP contribution in [0.3, 0.4) is 0 Å². The number of nitro groups is 1. The zero-order valence-corrected chi connectivity index (χ0v) is 56.5. The molecule has 9 aromatic rings. The molecule has 3 aromatic carbocycles. The Labute approximate surface area is 557 Å². The van der Waals surface area contributed by atoms with E-state index in [1.54, 1.807) is 24.5 Å². The highest BCUT2D eigenvalue weighted by Gasteiger charge is 2.22. The lowest BCUT2D eigenvalue weighted by Crippen LogP contribution is -2.12. The molecule has 8 heterocycles. The highest BCUT2D eigenvalue weighted by molar-refractivity contribution is 5.96. The number of ether oxygens (including phenoxy) is 4. The van der Waals surface area contributed by atoms with Crippen LogP contribution < -0.4 is 18.9 Å². The monoisotopic (exact) mass is 1260 g/mol. The van der Waals surface area contributed by atoms with Gasteiger partial charge in [-0.05, 0) is 180 Å². The Hall–Kier alpha value is -10.6. The molecule has 0 unspecified atom stereocenters. The van der Waals surface area contributed by atoms with E-state index in [0.717, 1.165) is 59.0 Å². The van der Waals surface area contributed by atoms with Crippen LogP contribution in [0.25, 0.3) is 91.4 Å². The minimum absolute atomic E-state index is 0.0269. The number of rotatable bonds is 17. The van der Waals surface area contributed by atoms with Crippen LogP contribution in [0.5, 0.6) is 23.0 Å². The van der Waals surface area contributed by atoms with Crippen LogP contribution in [-0.2, 0) is 0 Å². The molecule has 0 spiro atoms. The van der Waals surface area contributed by atoms with Crippen molar-refractivity contribution in [1.82, 2.24) is 34.9 Å². The number of pyridine rings is 3. The normalized spacial score (nSPS) is 12.2. The molecule has 0 amide bonds. The lowest BCUT2D eigenvalue weighted by molar-refractivity contribution is -0.384. The van der Waals surface area contributed by atoms with Crippen molar-refractivity contribution in [3.63, 3.8) is 0 Å². The third-order valence-corrected chi connectivity index (χ3v) is 16.0. The largest absolute Gasteiger partial charge is 0.493 e. The van der Waals surface area contributed by atoms with Gasteiger partial charge in [0.2, 0.25) is 0 Å². The number of nitrogens with one attached hydrogen (secondary N) is 2. The fourth-order valence-electron chi connectivity index (χ4n) is 10.6. The average molecular weight is 1260 g/mol. The van der Waals surface area contributed by atoms with Gasteiger partial charge in [-0.1, -0.05) is 119 Å². The maximum absolute atomic E-state index is 11.8. The van der Waals surface area contributed by atoms with Crippen LogP contribution in [0.2, 0.25) is 0 Å². The zero-order valence-electron chi connectivity index (χ0n) is 56.5. The van der Waals surface area contributed by atoms with Gasteiger partial charge in [0.1, 0.15) is 23.0 Å². The third-order valence-electron chi connectivity index (χ3n) is 16.0. The van der Waals surface area contributed by atoms with Crippen molar-refractivity contribution in [2.45, 2.75) is 109 Å². The predicted molar refractivity (Wildman–Crippen MR) is 384 cm³/mol. The number of non-ortho nitro benzene ring substituents is 1. The number of fused-ring (bicyclic) bond motifs is 8. The van der Waals surface area contributed by atoms with Crippen LogP contribution >= 0.6 is 0 Å². The Kier molecular flexibility index (Phi) is 19.4. The molecule has 0 saturated carbocycles. The second kappa shape index (κ2) is 27.9. The molecule has 14 heteroatoms. The van der Waals surface area contributed by atoms with Gasteiger partial charge in [0.15, 0.2) is 0 Å². The van der Waals surface area contributed by atoms with Gasteiger partial charge in [0, 0.05) is 69.9 Å². The van der Waals surface area contributed by atoms with Crippen LogP contribution in [0.15, 0.2) is 146 Å². The van der Waals surface area contributed by atoms with E-state index < -0.39 is 4.92 Å². The minimum atomic E-state index is -0.416. The smallest absolute Gasteiger partial charge is 0.269 e. The maximum atomic E-state index is 11.8. The molecule has 2 aliphatic heterocycles. The molecular weight excluding hydrogens is 1180 g/mol. The number of nitro benzene ring substituents is 1. The Bertz CT molecular complexity index is 4470. The zero-order chi connectivity index (χ0) is 67.1. The molecule has 11 rings (SSSR count). The van der Waals surface area contributed by atoms with Crippen molar-refractivity contribution in [2.24, 2.45) is 21.7 Å². The quantitative estimate of drug-likeness (QED) is 0.0504. The van der Waals surface area contributed by atoms with E-state index in [4.69, 9.17) is 33.9 Å². The van der Waals surface area contributed by atoms with Gasteiger partial charge in [-0.25, -0.2) is 15.0 Å². The standard InChI is InChI=1S/C81H82N8O6/c1-78(2,3)35-41-92-58-47-55(48-59(51-58)93-42-36-79(4,5)6)76-70-31-27-64(84-70)62(25-21-53-19-23-57(24-20-53)89(90)91)65-28-32-71(85-65)77(56-49-60(94-43-37-80(7,8)9)52-61(50-56)95-44-38-81(10,11)12)73-34-30-67(87-73)63(66-29-33-72(76)86-66)26-22-54-45-74(68-17-13-15-39-82-68)88-75(46-54)69-18-14-16-40-83-69/h13-20,23-24,27-34,39-40,45-52,84,87H,35-38,41-44H2,1-12H3. The van der Waals surface area contributed by atoms with E-state index in [1.165, 1.54) is 12.1 Å². The van der Waals surface area contributed by atoms with Crippen molar-refractivity contribution in [3.05, 3.63) is 201 Å². The third kappa shape index (κ3) is 17.6. The summed E-state index contributed by atoms with van der Waals surface area (Å²) in [5.41, 5.74) is 13.8. The number of hydrogen-bond acceptors (Lipinski definition) is 11. The summed E-state index contributed by atoms with van der Waals surface area (Å²) < 4.78 is 26.6. The Morgan fingerprint density at radius 1 is 0.400 bits per heavy atom. The molecule has 95 heavy (non-hydrogen) atoms. The summed E-state index contributed by atoms with van der Waals surface area (Å²) in [5, 5.41) is 11.8. The summed E-state index contributed by atoms with van der Waals surface area (Å²) in [4.78, 5) is 44.5. The summed E-state index contributed by atoms with van der Waals surface area (Å²) in [5.74, 6) is 16.7. The summed E-state index contributed by atoms with van der Waals surface area (Å²) in [6, 6.07) is 42.0. The molecule has 2 aliphatic rings. The maximum Gasteiger partial charge on any atom is 0.269 e. The van der Waals surface area contributed by atoms with E-state index in [9.17, 15) is 10.1 Å². The molecule has 2 N–H and O–H groups in total. The second-order valence-corrected chi connectivity index (χ2v) is 28.9. The molecule has 482 valence electrons. The second-order valence-electron chi connectivity index (χ2n) is 28.9. The van der Waals surface area contributed by atoms with Gasteiger partial charge < -0.3 is 28.9 Å². The number of hydrogen-bond donors (Lipinski definition) is 2. The molecule has 14 nitrogen and oxygen atoms in total. The van der Waals surface area contributed by atoms with E-state index in [0.29, 0.717) is 128 Å². The molecule has 8 bridgehead atoms. The summed E-state index contributed by atoms with van der Waals surface area (Å²) in [6.07, 6.45) is 14.9. The average Bonchev–Trinajstić information content (AvgIpc) is 1.65. The molecule has 0 radical (unpaired) electrons. The van der Waals surface area contributed by atoms with Gasteiger partial charge in [-0.3, -0.25) is 20.1 Å². The fraction of sp³-hybridized carbons (Fsp3) is 0.296. The van der Waals surface area contributed by atoms with Gasteiger partial charge in [0.05, 0.1) is 99.1 Å². The lowest BCUT2D eigenvalue weighted by atomic mass is 9.93. The first-order chi connectivity index (χ1) is 45.3. The molecule has 0 fully saturated rings. The van der Waals surface area contributed by atoms with E-state index in [1.807, 2.05) is 103 Å². The Balaban J connectivity index is 1.22. The molecular formula is C81H82N8O6. The fourth-order valence-corrected chi connectivity index (χ4v) is 10.6. The molecule has 6 aromatic heterocycles. The van der Waals surface area contributed by atoms with Crippen LogP contribution in [0.1, 0.15) is 154 Å². The molecule has 0 atom stereocenters. The van der Waals surface area contributed by atoms with E-state index in [-0.39, 0.29) is 27.3 Å². The van der Waals surface area contributed by atoms with Gasteiger partial charge in [-0.15, -0.1) is 0 Å². The van der Waals surface area contributed by atoms with Crippen LogP contribution in [-0.4, -0.2) is 66.2 Å². The number of benzene rings is 3. The highest BCUT2D eigenvalue weighted by Crippen LogP contribution is 2.40. The van der Waals surface area contributed by atoms with Crippen molar-refractivity contribution in [3.8, 4) is 91.7 Å². The van der Waals surface area contributed by atoms with Gasteiger partial charge >= 0.3 is 0 Å². The van der Waals surface area contributed by atoms with E-state index >= 15 is 0 Å². The number of nitrogens with zero attached hydrogens (tertiary/aromatic N) is 6. The Morgan fingerprint density at radius 3 is 1.13 bits per heavy atom. The summed E-state index contributed by atoms with van der Waals surface area (Å²) in [6.45, 7) is 28.5. The number of aromatic amines is 2. The predicted octanol–water partition coefficient (Wildman–Crippen LogP) is 19.5. The van der Waals surface area contributed by atoms with Crippen molar-refractivity contribution < 1.29 is 23.9 Å². The van der Waals surface area contributed by atoms with E-state index in [2.05, 4.69) is 157 Å². The highest BCUT2D eigenvalue weighted by atomic mass is 16.6. The number of aromatic nitrogens is 7. The van der Waals surface area contributed by atoms with Crippen LogP contribution in [0, 0.1) is 55.5 Å². The first kappa shape index (κ1) is 65.9. The number of H-pyrrole nitrogens is 2. The van der Waals surface area contributed by atoms with Crippen molar-refractivity contribution in [1.29, 1.82) is 0 Å². The lowest BCUT2D eigenvalue weighted by Gasteiger charge is -2.20. The van der Waals surface area contributed by atoms with Crippen molar-refractivity contribution in [2.75, 3.05) is 26.4 Å². The minimum Gasteiger partial charge on any atom is -0.493 e. The summed E-state index contributed by atoms with van der Waals surface area (Å²) >= 11 is 0. The van der Waals surface area contributed by atoms with Gasteiger partial charge in [-0.2, -0.15) is 0 Å². The van der Waals surface area contributed by atoms with Gasteiger partial charge in [0.25, 0.3) is 5.69 Å². The SMILES string of the molecule is CC(C)(C)CCOc1cc(OCCC(C)(C)C)cc(-c2c3nc(c(C#Cc4cc(-c5ccccn5)nc(-c5ccccn5)c4)c4ccc([nH]4)c(-c4cc(OCCC(C)(C)C)cc(OCCC(C)(C)C)c4)c4nc(c(C#Cc5ccc([N+](=O)[O-])cc5)c5ccc2[nH]5)C=C4)C=C3)c1. The Morgan fingerprint density at radius 2 is 0.768 bits per heavy atom. The first-order valence-electron chi connectivity index (χ1n) is 32.4. The molecule has 0 saturated heterocycles. The summed E-state index contributed by atoms with van der Waals surface area (Å²) in [7, 11) is 0. The van der Waals surface area contributed by atoms with Crippen molar-refractivity contribution >= 4 is 52.1 Å². The first-order valence-corrected chi connectivity index (χ1v) is 32.4. The molecule has 0 aliphatic carbocycles. The van der Waals surface area contributed by atoms with Crippen LogP contribution in [0.4, 0.5) is 5.69 Å². The topological polar surface area (TPSA) is 176 Å².